The van der Waals surface area contributed by atoms with Crippen molar-refractivity contribution in [3.63, 3.8) is 0 Å². The standard InChI is InChI=1S/C24H22FN7O4/c25-17-4-1-13(9-16(17)23(34)31-5-7-36-8-6-31)18-11-20(27-15-2-3-15)32-21(28-18)14(12-26-32)10-19-22(33)30-24(35)29-19/h1,4,9-12,15,27H,2-3,5-8H2,(H2,29,30,33,35)/b19-10-. The van der Waals surface area contributed by atoms with Crippen LogP contribution in [0.2, 0.25) is 0 Å². The third-order valence-corrected chi connectivity index (χ3v) is 6.24. The SMILES string of the molecule is O=C1NC(=O)/C(=C/c2cnn3c(NC4CC4)cc(-c4ccc(F)c(C(=O)N5CCOCC5)c4)nc23)N1. The number of hydrogen-bond donors (Lipinski definition) is 3. The number of fused-ring (bicyclic) bond motifs is 1. The monoisotopic (exact) mass is 491 g/mol. The number of amides is 4. The maximum atomic E-state index is 14.7. The molecule has 2 saturated heterocycles. The van der Waals surface area contributed by atoms with Crippen LogP contribution in [0.15, 0.2) is 36.2 Å². The largest absolute Gasteiger partial charge is 0.378 e. The summed E-state index contributed by atoms with van der Waals surface area (Å²) in [5, 5.41) is 12.4. The highest BCUT2D eigenvalue weighted by Crippen LogP contribution is 2.30. The Labute approximate surface area is 204 Å². The Morgan fingerprint density at radius 2 is 1.97 bits per heavy atom. The van der Waals surface area contributed by atoms with Crippen molar-refractivity contribution in [1.82, 2.24) is 30.1 Å². The first-order valence-corrected chi connectivity index (χ1v) is 11.6. The van der Waals surface area contributed by atoms with Gasteiger partial charge in [0.1, 0.15) is 17.3 Å². The van der Waals surface area contributed by atoms with Crippen LogP contribution >= 0.6 is 0 Å². The van der Waals surface area contributed by atoms with E-state index in [0.29, 0.717) is 60.6 Å². The molecule has 3 fully saturated rings. The van der Waals surface area contributed by atoms with E-state index in [1.807, 2.05) is 0 Å². The number of imide groups is 1. The fourth-order valence-electron chi connectivity index (χ4n) is 4.19. The molecule has 3 aliphatic rings. The number of halogens is 1. The summed E-state index contributed by atoms with van der Waals surface area (Å²) in [4.78, 5) is 42.8. The number of ether oxygens (including phenoxy) is 1. The van der Waals surface area contributed by atoms with Gasteiger partial charge in [-0.1, -0.05) is 0 Å². The zero-order chi connectivity index (χ0) is 24.8. The fraction of sp³-hybridized carbons (Fsp3) is 0.292. The molecule has 4 heterocycles. The van der Waals surface area contributed by atoms with Crippen LogP contribution in [0.1, 0.15) is 28.8 Å². The van der Waals surface area contributed by atoms with Gasteiger partial charge in [0.15, 0.2) is 5.65 Å². The average molecular weight is 491 g/mol. The molecule has 6 rings (SSSR count). The van der Waals surface area contributed by atoms with Crippen LogP contribution in [-0.4, -0.2) is 69.7 Å². The average Bonchev–Trinajstić information content (AvgIpc) is 3.52. The number of urea groups is 1. The van der Waals surface area contributed by atoms with Crippen LogP contribution in [0.5, 0.6) is 0 Å². The number of carbonyl (C=O) groups excluding carboxylic acids is 3. The Bertz CT molecular complexity index is 1440. The van der Waals surface area contributed by atoms with Gasteiger partial charge in [-0.3, -0.25) is 14.9 Å². The third kappa shape index (κ3) is 4.15. The molecule has 12 heteroatoms. The highest BCUT2D eigenvalue weighted by Gasteiger charge is 2.26. The first-order chi connectivity index (χ1) is 17.5. The number of anilines is 1. The minimum Gasteiger partial charge on any atom is -0.378 e. The lowest BCUT2D eigenvalue weighted by Crippen LogP contribution is -2.41. The van der Waals surface area contributed by atoms with E-state index in [2.05, 4.69) is 21.0 Å². The Balaban J connectivity index is 1.43. The maximum absolute atomic E-state index is 14.7. The molecular formula is C24H22FN7O4. The van der Waals surface area contributed by atoms with Crippen molar-refractivity contribution in [3.05, 3.63) is 53.1 Å². The van der Waals surface area contributed by atoms with Crippen molar-refractivity contribution < 1.29 is 23.5 Å². The zero-order valence-corrected chi connectivity index (χ0v) is 19.1. The van der Waals surface area contributed by atoms with Gasteiger partial charge in [-0.2, -0.15) is 9.61 Å². The van der Waals surface area contributed by atoms with Crippen molar-refractivity contribution in [1.29, 1.82) is 0 Å². The van der Waals surface area contributed by atoms with Gasteiger partial charge in [-0.25, -0.2) is 14.2 Å². The molecule has 36 heavy (non-hydrogen) atoms. The lowest BCUT2D eigenvalue weighted by Gasteiger charge is -2.27. The molecule has 3 aromatic rings. The van der Waals surface area contributed by atoms with E-state index in [1.165, 1.54) is 18.2 Å². The number of benzene rings is 1. The predicted molar refractivity (Wildman–Crippen MR) is 126 cm³/mol. The van der Waals surface area contributed by atoms with E-state index in [-0.39, 0.29) is 11.3 Å². The van der Waals surface area contributed by atoms with Crippen LogP contribution in [-0.2, 0) is 9.53 Å². The second-order valence-corrected chi connectivity index (χ2v) is 8.85. The van der Waals surface area contributed by atoms with Crippen molar-refractivity contribution in [2.24, 2.45) is 0 Å². The van der Waals surface area contributed by atoms with Gasteiger partial charge in [0.05, 0.1) is 30.7 Å². The third-order valence-electron chi connectivity index (χ3n) is 6.24. The molecule has 0 unspecified atom stereocenters. The summed E-state index contributed by atoms with van der Waals surface area (Å²) in [6.07, 6.45) is 5.10. The second kappa shape index (κ2) is 8.72. The van der Waals surface area contributed by atoms with Crippen LogP contribution in [0, 0.1) is 5.82 Å². The van der Waals surface area contributed by atoms with Gasteiger partial charge in [0.25, 0.3) is 11.8 Å². The highest BCUT2D eigenvalue weighted by atomic mass is 19.1. The first kappa shape index (κ1) is 22.2. The lowest BCUT2D eigenvalue weighted by atomic mass is 10.1. The Hall–Kier alpha value is -4.32. The lowest BCUT2D eigenvalue weighted by molar-refractivity contribution is -0.115. The predicted octanol–water partition coefficient (Wildman–Crippen LogP) is 1.76. The molecule has 1 aliphatic carbocycles. The highest BCUT2D eigenvalue weighted by molar-refractivity contribution is 6.14. The summed E-state index contributed by atoms with van der Waals surface area (Å²) in [6, 6.07) is 5.85. The summed E-state index contributed by atoms with van der Waals surface area (Å²) >= 11 is 0. The number of rotatable bonds is 5. The molecular weight excluding hydrogens is 469 g/mol. The molecule has 1 aromatic carbocycles. The maximum Gasteiger partial charge on any atom is 0.326 e. The molecule has 1 saturated carbocycles. The van der Waals surface area contributed by atoms with Gasteiger partial charge in [-0.15, -0.1) is 0 Å². The van der Waals surface area contributed by atoms with Crippen LogP contribution in [0.25, 0.3) is 23.0 Å². The summed E-state index contributed by atoms with van der Waals surface area (Å²) in [5.41, 5.74) is 2.05. The van der Waals surface area contributed by atoms with E-state index in [1.54, 1.807) is 27.7 Å². The Morgan fingerprint density at radius 1 is 1.17 bits per heavy atom. The van der Waals surface area contributed by atoms with E-state index >= 15 is 0 Å². The molecule has 2 aromatic heterocycles. The van der Waals surface area contributed by atoms with E-state index < -0.39 is 23.7 Å². The van der Waals surface area contributed by atoms with Crippen molar-refractivity contribution in [2.45, 2.75) is 18.9 Å². The van der Waals surface area contributed by atoms with Crippen LogP contribution in [0.4, 0.5) is 15.0 Å². The molecule has 0 spiro atoms. The van der Waals surface area contributed by atoms with Gasteiger partial charge >= 0.3 is 6.03 Å². The number of carbonyl (C=O) groups is 3. The first-order valence-electron chi connectivity index (χ1n) is 11.6. The van der Waals surface area contributed by atoms with Crippen LogP contribution in [0.3, 0.4) is 0 Å². The second-order valence-electron chi connectivity index (χ2n) is 8.85. The summed E-state index contributed by atoms with van der Waals surface area (Å²) < 4.78 is 21.6. The normalized spacial score (nSPS) is 19.0. The van der Waals surface area contributed by atoms with Gasteiger partial charge in [0, 0.05) is 36.3 Å². The van der Waals surface area contributed by atoms with Crippen molar-refractivity contribution in [3.8, 4) is 11.3 Å². The Morgan fingerprint density at radius 3 is 2.69 bits per heavy atom. The molecule has 0 atom stereocenters. The molecule has 11 nitrogen and oxygen atoms in total. The van der Waals surface area contributed by atoms with Crippen LogP contribution < -0.4 is 16.0 Å². The van der Waals surface area contributed by atoms with Gasteiger partial charge in [-0.05, 0) is 37.1 Å². The minimum atomic E-state index is -0.606. The smallest absolute Gasteiger partial charge is 0.326 e. The summed E-state index contributed by atoms with van der Waals surface area (Å²) in [5.74, 6) is -0.873. The molecule has 0 radical (unpaired) electrons. The van der Waals surface area contributed by atoms with Crippen molar-refractivity contribution >= 4 is 35.4 Å². The number of hydrogen-bond acceptors (Lipinski definition) is 7. The number of nitrogens with one attached hydrogen (secondary N) is 3. The van der Waals surface area contributed by atoms with E-state index in [4.69, 9.17) is 9.72 Å². The minimum absolute atomic E-state index is 0.0334. The number of nitrogens with zero attached hydrogens (tertiary/aromatic N) is 4. The number of aromatic nitrogens is 3. The molecule has 3 N–H and O–H groups in total. The van der Waals surface area contributed by atoms with Crippen molar-refractivity contribution in [2.75, 3.05) is 31.6 Å². The number of morpholine rings is 1. The van der Waals surface area contributed by atoms with E-state index in [0.717, 1.165) is 12.8 Å². The molecule has 0 bridgehead atoms. The summed E-state index contributed by atoms with van der Waals surface area (Å²) in [6.45, 7) is 1.64. The quantitative estimate of drug-likeness (QED) is 0.366. The Kier molecular flexibility index (Phi) is 5.37. The van der Waals surface area contributed by atoms with Gasteiger partial charge < -0.3 is 20.3 Å². The topological polar surface area (TPSA) is 130 Å². The molecule has 2 aliphatic heterocycles. The van der Waals surface area contributed by atoms with E-state index in [9.17, 15) is 18.8 Å². The zero-order valence-electron chi connectivity index (χ0n) is 19.1. The van der Waals surface area contributed by atoms with Gasteiger partial charge in [0.2, 0.25) is 0 Å². The summed E-state index contributed by atoms with van der Waals surface area (Å²) in [7, 11) is 0. The molecule has 4 amide bonds. The fourth-order valence-corrected chi connectivity index (χ4v) is 4.19. The molecule has 184 valence electrons.